The van der Waals surface area contributed by atoms with E-state index in [4.69, 9.17) is 9.79 Å². The Hall–Kier alpha value is -1.45. The van der Waals surface area contributed by atoms with Gasteiger partial charge in [-0.3, -0.25) is 4.57 Å². The van der Waals surface area contributed by atoms with Gasteiger partial charge in [0.1, 0.15) is 0 Å². The molecule has 0 aliphatic rings. The normalized spacial score (nSPS) is 11.5. The lowest BCUT2D eigenvalue weighted by Crippen LogP contribution is -2.15. The maximum absolute atomic E-state index is 10.7. The molecular formula is C16H20NO3P. The van der Waals surface area contributed by atoms with Crippen LogP contribution in [0.1, 0.15) is 12.0 Å². The first-order valence-electron chi connectivity index (χ1n) is 6.94. The minimum absolute atomic E-state index is 0.0626. The van der Waals surface area contributed by atoms with Crippen molar-refractivity contribution in [3.8, 4) is 11.1 Å². The molecule has 0 radical (unpaired) electrons. The van der Waals surface area contributed by atoms with Gasteiger partial charge in [0.05, 0.1) is 6.16 Å². The van der Waals surface area contributed by atoms with Gasteiger partial charge >= 0.3 is 7.60 Å². The summed E-state index contributed by atoms with van der Waals surface area (Å²) in [6, 6.07) is 18.5. The Morgan fingerprint density at radius 1 is 0.905 bits per heavy atom. The van der Waals surface area contributed by atoms with Crippen LogP contribution in [0.15, 0.2) is 54.6 Å². The summed E-state index contributed by atoms with van der Waals surface area (Å²) in [5.74, 6) is 0. The first kappa shape index (κ1) is 15.9. The van der Waals surface area contributed by atoms with Crippen molar-refractivity contribution in [2.45, 2.75) is 13.0 Å². The third-order valence-electron chi connectivity index (χ3n) is 3.19. The number of nitrogens with one attached hydrogen (secondary N) is 1. The van der Waals surface area contributed by atoms with E-state index in [1.54, 1.807) is 0 Å². The van der Waals surface area contributed by atoms with Gasteiger partial charge in [-0.2, -0.15) is 0 Å². The van der Waals surface area contributed by atoms with Crippen LogP contribution in [0.2, 0.25) is 0 Å². The number of rotatable bonds is 7. The van der Waals surface area contributed by atoms with E-state index < -0.39 is 7.60 Å². The first-order valence-corrected chi connectivity index (χ1v) is 8.74. The van der Waals surface area contributed by atoms with Gasteiger partial charge < -0.3 is 15.1 Å². The molecule has 0 aromatic heterocycles. The second kappa shape index (κ2) is 7.53. The fraction of sp³-hybridized carbons (Fsp3) is 0.250. The maximum atomic E-state index is 10.7. The van der Waals surface area contributed by atoms with Crippen LogP contribution in [-0.2, 0) is 11.1 Å². The quantitative estimate of drug-likeness (QED) is 0.543. The smallest absolute Gasteiger partial charge is 0.324 e. The molecule has 112 valence electrons. The molecular weight excluding hydrogens is 285 g/mol. The zero-order valence-corrected chi connectivity index (χ0v) is 12.7. The van der Waals surface area contributed by atoms with Crippen LogP contribution < -0.4 is 5.32 Å². The van der Waals surface area contributed by atoms with Crippen LogP contribution in [0, 0.1) is 0 Å². The van der Waals surface area contributed by atoms with Gasteiger partial charge in [0.15, 0.2) is 0 Å². The molecule has 0 heterocycles. The molecule has 2 rings (SSSR count). The second-order valence-electron chi connectivity index (χ2n) is 4.98. The number of benzene rings is 2. The summed E-state index contributed by atoms with van der Waals surface area (Å²) in [7, 11) is -3.86. The molecule has 0 saturated carbocycles. The largest absolute Gasteiger partial charge is 0.325 e. The summed E-state index contributed by atoms with van der Waals surface area (Å²) >= 11 is 0. The van der Waals surface area contributed by atoms with E-state index in [9.17, 15) is 4.57 Å². The third kappa shape index (κ3) is 5.82. The van der Waals surface area contributed by atoms with Crippen molar-refractivity contribution in [1.29, 1.82) is 0 Å². The Balaban J connectivity index is 1.79. The van der Waals surface area contributed by atoms with Crippen LogP contribution in [0.3, 0.4) is 0 Å². The molecule has 0 aliphatic heterocycles. The predicted molar refractivity (Wildman–Crippen MR) is 85.1 cm³/mol. The van der Waals surface area contributed by atoms with Gasteiger partial charge in [-0.1, -0.05) is 54.6 Å². The molecule has 0 unspecified atom stereocenters. The Labute approximate surface area is 125 Å². The molecule has 21 heavy (non-hydrogen) atoms. The van der Waals surface area contributed by atoms with Crippen LogP contribution in [0.4, 0.5) is 0 Å². The highest BCUT2D eigenvalue weighted by Crippen LogP contribution is 2.34. The standard InChI is InChI=1S/C16H20NO3P/c18-21(19,20)12-4-11-17-13-14-7-9-16(10-8-14)15-5-2-1-3-6-15/h1-3,5-10,17H,4,11-13H2,(H2,18,19,20). The molecule has 2 aromatic rings. The van der Waals surface area contributed by atoms with Crippen LogP contribution in [0.5, 0.6) is 0 Å². The SMILES string of the molecule is O=P(O)(O)CCCNCc1ccc(-c2ccccc2)cc1. The summed E-state index contributed by atoms with van der Waals surface area (Å²) in [4.78, 5) is 17.5. The van der Waals surface area contributed by atoms with Gasteiger partial charge in [-0.25, -0.2) is 0 Å². The Morgan fingerprint density at radius 2 is 1.52 bits per heavy atom. The average Bonchev–Trinajstić information content (AvgIpc) is 2.47. The highest BCUT2D eigenvalue weighted by molar-refractivity contribution is 7.51. The van der Waals surface area contributed by atoms with Crippen molar-refractivity contribution in [3.63, 3.8) is 0 Å². The average molecular weight is 305 g/mol. The van der Waals surface area contributed by atoms with E-state index >= 15 is 0 Å². The molecule has 2 aromatic carbocycles. The molecule has 0 fully saturated rings. The monoisotopic (exact) mass is 305 g/mol. The predicted octanol–water partition coefficient (Wildman–Crippen LogP) is 3.01. The molecule has 3 N–H and O–H groups in total. The zero-order chi connectivity index (χ0) is 15.1. The van der Waals surface area contributed by atoms with Crippen LogP contribution >= 0.6 is 7.60 Å². The van der Waals surface area contributed by atoms with Crippen molar-refractivity contribution >= 4 is 7.60 Å². The van der Waals surface area contributed by atoms with Crippen molar-refractivity contribution in [3.05, 3.63) is 60.2 Å². The molecule has 0 saturated heterocycles. The highest BCUT2D eigenvalue weighted by Gasteiger charge is 2.10. The summed E-state index contributed by atoms with van der Waals surface area (Å²) in [5, 5.41) is 3.19. The molecule has 4 nitrogen and oxygen atoms in total. The molecule has 0 spiro atoms. The molecule has 0 bridgehead atoms. The van der Waals surface area contributed by atoms with Gasteiger partial charge in [0, 0.05) is 6.54 Å². The maximum Gasteiger partial charge on any atom is 0.325 e. The fourth-order valence-corrected chi connectivity index (χ4v) is 2.66. The van der Waals surface area contributed by atoms with E-state index in [0.29, 0.717) is 19.5 Å². The lowest BCUT2D eigenvalue weighted by atomic mass is 10.0. The topological polar surface area (TPSA) is 69.6 Å². The molecule has 0 atom stereocenters. The summed E-state index contributed by atoms with van der Waals surface area (Å²) in [6.07, 6.45) is 0.416. The van der Waals surface area contributed by atoms with Gasteiger partial charge in [-0.15, -0.1) is 0 Å². The third-order valence-corrected chi connectivity index (χ3v) is 4.09. The fourth-order valence-electron chi connectivity index (χ4n) is 2.09. The number of hydrogen-bond acceptors (Lipinski definition) is 2. The summed E-state index contributed by atoms with van der Waals surface area (Å²) in [5.41, 5.74) is 3.53. The first-order chi connectivity index (χ1) is 10.0. The van der Waals surface area contributed by atoms with E-state index in [2.05, 4.69) is 41.7 Å². The zero-order valence-electron chi connectivity index (χ0n) is 11.8. The lowest BCUT2D eigenvalue weighted by Gasteiger charge is -2.07. The minimum Gasteiger partial charge on any atom is -0.324 e. The molecule has 0 amide bonds. The minimum atomic E-state index is -3.86. The van der Waals surface area contributed by atoms with E-state index in [1.807, 2.05) is 18.2 Å². The molecule has 0 aliphatic carbocycles. The van der Waals surface area contributed by atoms with Gasteiger partial charge in [0.2, 0.25) is 0 Å². The number of hydrogen-bond donors (Lipinski definition) is 3. The van der Waals surface area contributed by atoms with Crippen molar-refractivity contribution in [2.24, 2.45) is 0 Å². The van der Waals surface area contributed by atoms with Gasteiger partial charge in [0.25, 0.3) is 0 Å². The van der Waals surface area contributed by atoms with Crippen molar-refractivity contribution in [1.82, 2.24) is 5.32 Å². The summed E-state index contributed by atoms with van der Waals surface area (Å²) < 4.78 is 10.7. The van der Waals surface area contributed by atoms with Crippen molar-refractivity contribution < 1.29 is 14.4 Å². The van der Waals surface area contributed by atoms with E-state index in [-0.39, 0.29) is 6.16 Å². The van der Waals surface area contributed by atoms with E-state index in [1.165, 1.54) is 11.1 Å². The van der Waals surface area contributed by atoms with Gasteiger partial charge in [-0.05, 0) is 29.7 Å². The Kier molecular flexibility index (Phi) is 5.71. The second-order valence-corrected chi connectivity index (χ2v) is 6.76. The lowest BCUT2D eigenvalue weighted by molar-refractivity contribution is 0.371. The molecule has 5 heteroatoms. The van der Waals surface area contributed by atoms with E-state index in [0.717, 1.165) is 5.56 Å². The van der Waals surface area contributed by atoms with Crippen LogP contribution in [0.25, 0.3) is 11.1 Å². The van der Waals surface area contributed by atoms with Crippen LogP contribution in [-0.4, -0.2) is 22.5 Å². The summed E-state index contributed by atoms with van der Waals surface area (Å²) in [6.45, 7) is 1.31. The Morgan fingerprint density at radius 3 is 2.14 bits per heavy atom. The Bertz CT molecular complexity index is 593. The van der Waals surface area contributed by atoms with Crippen molar-refractivity contribution in [2.75, 3.05) is 12.7 Å². The highest BCUT2D eigenvalue weighted by atomic mass is 31.2.